The smallest absolute Gasteiger partial charge is 0.474 e. The molecule has 4 unspecified atom stereocenters. The molecule has 0 aromatic heterocycles. The molecule has 1 N–H and O–H groups in total. The number of likely N-dealkylation sites (tertiary alicyclic amines) is 1. The van der Waals surface area contributed by atoms with Gasteiger partial charge in [-0.25, -0.2) is 4.57 Å². The maximum atomic E-state index is 12.9. The maximum absolute atomic E-state index is 12.9. The van der Waals surface area contributed by atoms with E-state index < -0.39 is 37.6 Å². The number of ether oxygens (including phenoxy) is 1. The minimum Gasteiger partial charge on any atom is -0.481 e. The van der Waals surface area contributed by atoms with Gasteiger partial charge in [0, 0.05) is 18.6 Å². The summed E-state index contributed by atoms with van der Waals surface area (Å²) in [6.07, 6.45) is 2.52. The highest BCUT2D eigenvalue weighted by molar-refractivity contribution is 7.48. The van der Waals surface area contributed by atoms with Crippen LogP contribution in [0.1, 0.15) is 39.2 Å². The predicted molar refractivity (Wildman–Crippen MR) is 134 cm³/mol. The topological polar surface area (TPSA) is 129 Å². The molecule has 0 spiro atoms. The lowest BCUT2D eigenvalue weighted by molar-refractivity contribution is -0.157. The molecule has 0 saturated carbocycles. The standard InChI is InChI=1S/C24H36NO8P.CH2O/c1-5-20-22(23(26)27)21(18(4)25(20)17-19-13-9-8-10-14-19)24(28)30-15-11-12-16-33-34(29,31-6-2)32-7-3;1-2/h5,8-10,13-14,18,20-22H,1,6-7,11-12,15-17H2,2-4H3,(H,26,27);1H2. The predicted octanol–water partition coefficient (Wildman–Crippen LogP) is 4.10. The normalized spacial score (nSPS) is 21.9. The summed E-state index contributed by atoms with van der Waals surface area (Å²) in [5.41, 5.74) is 1.02. The van der Waals surface area contributed by atoms with Gasteiger partial charge in [-0.15, -0.1) is 6.58 Å². The first-order valence-electron chi connectivity index (χ1n) is 11.9. The number of rotatable bonds is 15. The van der Waals surface area contributed by atoms with E-state index in [0.717, 1.165) is 5.56 Å². The van der Waals surface area contributed by atoms with Crippen LogP contribution in [0.25, 0.3) is 0 Å². The van der Waals surface area contributed by atoms with Gasteiger partial charge < -0.3 is 14.6 Å². The number of hydrogen-bond acceptors (Lipinski definition) is 9. The van der Waals surface area contributed by atoms with Crippen molar-refractivity contribution in [3.05, 3.63) is 48.6 Å². The second kappa shape index (κ2) is 16.4. The Hall–Kier alpha value is -2.36. The van der Waals surface area contributed by atoms with Crippen LogP contribution >= 0.6 is 7.82 Å². The number of carboxylic acid groups (broad SMARTS) is 1. The van der Waals surface area contributed by atoms with Gasteiger partial charge in [-0.1, -0.05) is 36.4 Å². The zero-order valence-electron chi connectivity index (χ0n) is 21.2. The molecule has 1 saturated heterocycles. The number of hydrogen-bond donors (Lipinski definition) is 1. The largest absolute Gasteiger partial charge is 0.481 e. The lowest BCUT2D eigenvalue weighted by atomic mass is 9.87. The maximum Gasteiger partial charge on any atom is 0.474 e. The molecule has 0 aliphatic carbocycles. The third-order valence-corrected chi connectivity index (χ3v) is 7.44. The number of carboxylic acids is 1. The molecule has 11 heteroatoms. The average molecular weight is 528 g/mol. The zero-order valence-corrected chi connectivity index (χ0v) is 22.1. The molecule has 1 fully saturated rings. The molecular formula is C25H38NO9P. The fourth-order valence-electron chi connectivity index (χ4n) is 4.24. The summed E-state index contributed by atoms with van der Waals surface area (Å²) in [6, 6.07) is 8.85. The highest BCUT2D eigenvalue weighted by Crippen LogP contribution is 2.49. The number of phosphoric ester groups is 1. The average Bonchev–Trinajstić information content (AvgIpc) is 3.15. The molecule has 1 aliphatic heterocycles. The van der Waals surface area contributed by atoms with Gasteiger partial charge in [-0.3, -0.25) is 28.1 Å². The fourth-order valence-corrected chi connectivity index (χ4v) is 5.45. The van der Waals surface area contributed by atoms with Crippen molar-refractivity contribution in [2.75, 3.05) is 26.4 Å². The molecule has 202 valence electrons. The van der Waals surface area contributed by atoms with Crippen LogP contribution in [0.2, 0.25) is 0 Å². The molecule has 1 aliphatic rings. The molecule has 2 rings (SSSR count). The Kier molecular flexibility index (Phi) is 14.4. The van der Waals surface area contributed by atoms with E-state index in [0.29, 0.717) is 19.4 Å². The Morgan fingerprint density at radius 1 is 1.03 bits per heavy atom. The van der Waals surface area contributed by atoms with Gasteiger partial charge in [-0.05, 0) is 39.2 Å². The lowest BCUT2D eigenvalue weighted by Gasteiger charge is -2.27. The van der Waals surface area contributed by atoms with E-state index in [2.05, 4.69) is 6.58 Å². The number of aliphatic carboxylic acids is 1. The summed E-state index contributed by atoms with van der Waals surface area (Å²) in [7, 11) is -3.57. The van der Waals surface area contributed by atoms with Crippen molar-refractivity contribution in [3.63, 3.8) is 0 Å². The van der Waals surface area contributed by atoms with Gasteiger partial charge in [0.2, 0.25) is 0 Å². The SMILES string of the molecule is C=CC1C(C(=O)O)C(C(=O)OCCCCOP(=O)(OCC)OCC)C(C)N1Cc1ccccc1.C=O. The Bertz CT molecular complexity index is 856. The second-order valence-corrected chi connectivity index (χ2v) is 9.67. The van der Waals surface area contributed by atoms with Gasteiger partial charge in [-0.2, -0.15) is 0 Å². The van der Waals surface area contributed by atoms with Crippen LogP contribution in [0.5, 0.6) is 0 Å². The van der Waals surface area contributed by atoms with Crippen LogP contribution in [-0.2, 0) is 43.8 Å². The summed E-state index contributed by atoms with van der Waals surface area (Å²) in [6.45, 7) is 12.2. The molecular weight excluding hydrogens is 489 g/mol. The number of benzene rings is 1. The number of nitrogens with zero attached hydrogens (tertiary/aromatic N) is 1. The van der Waals surface area contributed by atoms with E-state index in [1.165, 1.54) is 0 Å². The summed E-state index contributed by atoms with van der Waals surface area (Å²) in [5, 5.41) is 9.89. The van der Waals surface area contributed by atoms with Crippen LogP contribution in [0.3, 0.4) is 0 Å². The van der Waals surface area contributed by atoms with E-state index in [4.69, 9.17) is 23.1 Å². The molecule has 0 amide bonds. The number of carbonyl (C=O) groups is 3. The highest BCUT2D eigenvalue weighted by Gasteiger charge is 2.53. The monoisotopic (exact) mass is 527 g/mol. The summed E-state index contributed by atoms with van der Waals surface area (Å²) >= 11 is 0. The fraction of sp³-hybridized carbons (Fsp3) is 0.560. The van der Waals surface area contributed by atoms with Crippen molar-refractivity contribution < 1.29 is 42.4 Å². The first kappa shape index (κ1) is 31.7. The Morgan fingerprint density at radius 2 is 1.61 bits per heavy atom. The molecule has 1 aromatic rings. The van der Waals surface area contributed by atoms with Crippen molar-refractivity contribution in [1.29, 1.82) is 0 Å². The molecule has 36 heavy (non-hydrogen) atoms. The van der Waals surface area contributed by atoms with Crippen LogP contribution < -0.4 is 0 Å². The van der Waals surface area contributed by atoms with Crippen molar-refractivity contribution in [1.82, 2.24) is 4.90 Å². The van der Waals surface area contributed by atoms with Gasteiger partial charge in [0.25, 0.3) is 0 Å². The van der Waals surface area contributed by atoms with E-state index in [-0.39, 0.29) is 32.5 Å². The van der Waals surface area contributed by atoms with Crippen molar-refractivity contribution in [2.45, 2.75) is 52.2 Å². The van der Waals surface area contributed by atoms with Gasteiger partial charge in [0.1, 0.15) is 6.79 Å². The second-order valence-electron chi connectivity index (χ2n) is 8.01. The minimum atomic E-state index is -3.57. The lowest BCUT2D eigenvalue weighted by Crippen LogP contribution is -2.36. The van der Waals surface area contributed by atoms with Crippen molar-refractivity contribution in [2.24, 2.45) is 11.8 Å². The van der Waals surface area contributed by atoms with Crippen LogP contribution in [0.4, 0.5) is 0 Å². The zero-order chi connectivity index (χ0) is 27.1. The van der Waals surface area contributed by atoms with E-state index >= 15 is 0 Å². The first-order valence-corrected chi connectivity index (χ1v) is 13.4. The quantitative estimate of drug-likeness (QED) is 0.154. The third-order valence-electron chi connectivity index (χ3n) is 5.79. The van der Waals surface area contributed by atoms with Crippen molar-refractivity contribution in [3.8, 4) is 0 Å². The van der Waals surface area contributed by atoms with Crippen molar-refractivity contribution >= 4 is 26.6 Å². The number of phosphoric acid groups is 1. The minimum absolute atomic E-state index is 0.1000. The number of carbonyl (C=O) groups excluding carboxylic acids is 2. The van der Waals surface area contributed by atoms with Crippen LogP contribution in [-0.4, -0.2) is 67.2 Å². The molecule has 4 atom stereocenters. The van der Waals surface area contributed by atoms with E-state index in [9.17, 15) is 19.3 Å². The molecule has 1 heterocycles. The van der Waals surface area contributed by atoms with Crippen LogP contribution in [0.15, 0.2) is 43.0 Å². The Morgan fingerprint density at radius 3 is 2.14 bits per heavy atom. The Balaban J connectivity index is 0.00000316. The summed E-state index contributed by atoms with van der Waals surface area (Å²) in [5.74, 6) is -3.37. The highest BCUT2D eigenvalue weighted by atomic mass is 31.2. The summed E-state index contributed by atoms with van der Waals surface area (Å²) < 4.78 is 33.1. The number of esters is 1. The molecule has 1 aromatic carbocycles. The van der Waals surface area contributed by atoms with Gasteiger partial charge in [0.15, 0.2) is 0 Å². The molecule has 0 bridgehead atoms. The summed E-state index contributed by atoms with van der Waals surface area (Å²) in [4.78, 5) is 35.0. The molecule has 0 radical (unpaired) electrons. The van der Waals surface area contributed by atoms with Gasteiger partial charge in [0.05, 0.1) is 38.3 Å². The van der Waals surface area contributed by atoms with Gasteiger partial charge >= 0.3 is 19.8 Å². The van der Waals surface area contributed by atoms with Crippen LogP contribution in [0, 0.1) is 11.8 Å². The Labute approximate surface area is 213 Å². The first-order chi connectivity index (χ1) is 17.3. The third kappa shape index (κ3) is 8.94. The van der Waals surface area contributed by atoms with E-state index in [1.807, 2.05) is 48.9 Å². The number of unbranched alkanes of at least 4 members (excludes halogenated alkanes) is 1. The molecule has 10 nitrogen and oxygen atoms in total. The van der Waals surface area contributed by atoms with E-state index in [1.54, 1.807) is 19.9 Å².